The van der Waals surface area contributed by atoms with Gasteiger partial charge in [0.1, 0.15) is 18.1 Å². The van der Waals surface area contributed by atoms with Crippen LogP contribution in [0.25, 0.3) is 6.08 Å². The highest BCUT2D eigenvalue weighted by molar-refractivity contribution is 6.14. The molecule has 1 aliphatic rings. The van der Waals surface area contributed by atoms with E-state index in [0.29, 0.717) is 39.7 Å². The largest absolute Gasteiger partial charge is 0.508 e. The van der Waals surface area contributed by atoms with Crippen LogP contribution in [0.3, 0.4) is 0 Å². The maximum Gasteiger partial charge on any atom is 0.203 e. The van der Waals surface area contributed by atoms with Gasteiger partial charge in [0.2, 0.25) is 5.75 Å². The van der Waals surface area contributed by atoms with E-state index in [1.54, 1.807) is 31.4 Å². The lowest BCUT2D eigenvalue weighted by Crippen LogP contribution is -2.19. The molecule has 25 heavy (non-hydrogen) atoms. The van der Waals surface area contributed by atoms with Crippen molar-refractivity contribution in [3.63, 3.8) is 0 Å². The topological polar surface area (TPSA) is 74.2 Å². The number of hydrogen-bond acceptors (Lipinski definition) is 6. The quantitative estimate of drug-likeness (QED) is 0.861. The highest BCUT2D eigenvalue weighted by Crippen LogP contribution is 2.41. The molecule has 6 heteroatoms. The Labute approximate surface area is 145 Å². The van der Waals surface area contributed by atoms with Crippen molar-refractivity contribution in [3.8, 4) is 28.7 Å². The summed E-state index contributed by atoms with van der Waals surface area (Å²) in [5.74, 6) is 1.74. The number of rotatable bonds is 4. The fraction of sp³-hybridized carbons (Fsp3) is 0.211. The number of phenols is 1. The maximum absolute atomic E-state index is 12.7. The Morgan fingerprint density at radius 1 is 1.04 bits per heavy atom. The highest BCUT2D eigenvalue weighted by atomic mass is 16.5. The second-order valence-electron chi connectivity index (χ2n) is 5.39. The first-order valence-electron chi connectivity index (χ1n) is 7.59. The molecular formula is C19H18O6. The van der Waals surface area contributed by atoms with Crippen LogP contribution in [0.4, 0.5) is 0 Å². The van der Waals surface area contributed by atoms with Crippen LogP contribution < -0.4 is 18.9 Å². The average Bonchev–Trinajstić information content (AvgIpc) is 2.63. The van der Waals surface area contributed by atoms with E-state index in [1.165, 1.54) is 26.4 Å². The van der Waals surface area contributed by atoms with Crippen LogP contribution in [0.2, 0.25) is 0 Å². The molecule has 0 fully saturated rings. The summed E-state index contributed by atoms with van der Waals surface area (Å²) in [6.07, 6.45) is 1.71. The number of carbonyl (C=O) groups excluding carboxylic acids is 1. The second-order valence-corrected chi connectivity index (χ2v) is 5.39. The minimum atomic E-state index is -0.155. The van der Waals surface area contributed by atoms with Gasteiger partial charge < -0.3 is 24.1 Å². The van der Waals surface area contributed by atoms with Gasteiger partial charge in [0, 0.05) is 17.2 Å². The number of phenolic OH excluding ortho intramolecular Hbond substituents is 1. The molecule has 6 nitrogen and oxygen atoms in total. The molecule has 0 radical (unpaired) electrons. The molecule has 1 heterocycles. The SMILES string of the molecule is COc1ccc(/C=C2\COc3cc(O)ccc3C2=O)c(OC)c1OC. The molecule has 3 rings (SSSR count). The van der Waals surface area contributed by atoms with Gasteiger partial charge in [0.15, 0.2) is 17.3 Å². The predicted molar refractivity (Wildman–Crippen MR) is 92.0 cm³/mol. The van der Waals surface area contributed by atoms with Crippen molar-refractivity contribution in [1.29, 1.82) is 0 Å². The van der Waals surface area contributed by atoms with E-state index >= 15 is 0 Å². The minimum Gasteiger partial charge on any atom is -0.508 e. The van der Waals surface area contributed by atoms with Crippen molar-refractivity contribution in [2.45, 2.75) is 0 Å². The summed E-state index contributed by atoms with van der Waals surface area (Å²) in [5, 5.41) is 9.50. The summed E-state index contributed by atoms with van der Waals surface area (Å²) in [4.78, 5) is 12.7. The lowest BCUT2D eigenvalue weighted by molar-refractivity contribution is 0.100. The Kier molecular flexibility index (Phi) is 4.52. The summed E-state index contributed by atoms with van der Waals surface area (Å²) in [6, 6.07) is 7.97. The molecule has 0 amide bonds. The standard InChI is InChI=1S/C19H18O6/c1-22-15-7-4-11(18(23-2)19(15)24-3)8-12-10-25-16-9-13(20)5-6-14(16)17(12)21/h4-9,20H,10H2,1-3H3/b12-8+. The van der Waals surface area contributed by atoms with E-state index in [4.69, 9.17) is 18.9 Å². The third kappa shape index (κ3) is 2.98. The van der Waals surface area contributed by atoms with Gasteiger partial charge in [-0.3, -0.25) is 4.79 Å². The number of fused-ring (bicyclic) bond motifs is 1. The lowest BCUT2D eigenvalue weighted by atomic mass is 9.98. The molecule has 0 bridgehead atoms. The van der Waals surface area contributed by atoms with Crippen LogP contribution in [0.5, 0.6) is 28.7 Å². The van der Waals surface area contributed by atoms with E-state index in [1.807, 2.05) is 0 Å². The van der Waals surface area contributed by atoms with Gasteiger partial charge >= 0.3 is 0 Å². The van der Waals surface area contributed by atoms with Crippen LogP contribution in [-0.4, -0.2) is 38.8 Å². The number of aromatic hydroxyl groups is 1. The van der Waals surface area contributed by atoms with E-state index in [9.17, 15) is 9.90 Å². The maximum atomic E-state index is 12.7. The number of carbonyl (C=O) groups is 1. The molecular weight excluding hydrogens is 324 g/mol. The van der Waals surface area contributed by atoms with Crippen LogP contribution in [0.15, 0.2) is 35.9 Å². The van der Waals surface area contributed by atoms with Gasteiger partial charge in [-0.05, 0) is 30.3 Å². The lowest BCUT2D eigenvalue weighted by Gasteiger charge is -2.20. The van der Waals surface area contributed by atoms with Crippen molar-refractivity contribution < 1.29 is 28.8 Å². The number of methoxy groups -OCH3 is 3. The minimum absolute atomic E-state index is 0.0561. The van der Waals surface area contributed by atoms with Gasteiger partial charge in [-0.25, -0.2) is 0 Å². The molecule has 0 atom stereocenters. The van der Waals surface area contributed by atoms with Crippen molar-refractivity contribution in [2.24, 2.45) is 0 Å². The van der Waals surface area contributed by atoms with Crippen molar-refractivity contribution in [1.82, 2.24) is 0 Å². The van der Waals surface area contributed by atoms with Gasteiger partial charge in [-0.2, -0.15) is 0 Å². The van der Waals surface area contributed by atoms with Crippen molar-refractivity contribution in [2.75, 3.05) is 27.9 Å². The molecule has 2 aromatic rings. The monoisotopic (exact) mass is 342 g/mol. The molecule has 0 aromatic heterocycles. The number of ether oxygens (including phenoxy) is 4. The smallest absolute Gasteiger partial charge is 0.203 e. The highest BCUT2D eigenvalue weighted by Gasteiger charge is 2.24. The van der Waals surface area contributed by atoms with Crippen LogP contribution in [-0.2, 0) is 0 Å². The summed E-state index contributed by atoms with van der Waals surface area (Å²) in [5.41, 5.74) is 1.56. The van der Waals surface area contributed by atoms with Crippen LogP contribution >= 0.6 is 0 Å². The fourth-order valence-corrected chi connectivity index (χ4v) is 2.75. The van der Waals surface area contributed by atoms with Gasteiger partial charge in [-0.15, -0.1) is 0 Å². The summed E-state index contributed by atoms with van der Waals surface area (Å²) in [7, 11) is 4.59. The summed E-state index contributed by atoms with van der Waals surface area (Å²) < 4.78 is 21.6. The van der Waals surface area contributed by atoms with E-state index in [-0.39, 0.29) is 18.1 Å². The number of benzene rings is 2. The first-order valence-corrected chi connectivity index (χ1v) is 7.59. The van der Waals surface area contributed by atoms with E-state index in [2.05, 4.69) is 0 Å². The summed E-state index contributed by atoms with van der Waals surface area (Å²) in [6.45, 7) is 0.104. The Hall–Kier alpha value is -3.15. The molecule has 0 saturated carbocycles. The van der Waals surface area contributed by atoms with Gasteiger partial charge in [-0.1, -0.05) is 0 Å². The Bertz CT molecular complexity index is 853. The first-order chi connectivity index (χ1) is 12.1. The van der Waals surface area contributed by atoms with Crippen LogP contribution in [0, 0.1) is 0 Å². The van der Waals surface area contributed by atoms with Gasteiger partial charge in [0.25, 0.3) is 0 Å². The zero-order chi connectivity index (χ0) is 18.0. The molecule has 1 aliphatic heterocycles. The van der Waals surface area contributed by atoms with Gasteiger partial charge in [0.05, 0.1) is 26.9 Å². The number of hydrogen-bond donors (Lipinski definition) is 1. The zero-order valence-electron chi connectivity index (χ0n) is 14.2. The molecule has 0 spiro atoms. The Morgan fingerprint density at radius 2 is 1.80 bits per heavy atom. The average molecular weight is 342 g/mol. The predicted octanol–water partition coefficient (Wildman–Crippen LogP) is 3.08. The number of Topliss-reactive ketones (excluding diaryl/α,β-unsaturated/α-hetero) is 1. The van der Waals surface area contributed by atoms with E-state index < -0.39 is 0 Å². The third-order valence-electron chi connectivity index (χ3n) is 3.95. The molecule has 130 valence electrons. The van der Waals surface area contributed by atoms with Crippen LogP contribution in [0.1, 0.15) is 15.9 Å². The van der Waals surface area contributed by atoms with Crippen molar-refractivity contribution in [3.05, 3.63) is 47.0 Å². The Balaban J connectivity index is 2.04. The summed E-state index contributed by atoms with van der Waals surface area (Å²) >= 11 is 0. The van der Waals surface area contributed by atoms with Crippen molar-refractivity contribution >= 4 is 11.9 Å². The number of ketones is 1. The fourth-order valence-electron chi connectivity index (χ4n) is 2.75. The third-order valence-corrected chi connectivity index (χ3v) is 3.95. The Morgan fingerprint density at radius 3 is 2.48 bits per heavy atom. The molecule has 2 aromatic carbocycles. The first kappa shape index (κ1) is 16.7. The second kappa shape index (κ2) is 6.76. The molecule has 0 aliphatic carbocycles. The zero-order valence-corrected chi connectivity index (χ0v) is 14.2. The molecule has 1 N–H and O–H groups in total. The normalized spacial score (nSPS) is 14.7. The van der Waals surface area contributed by atoms with E-state index in [0.717, 1.165) is 0 Å². The molecule has 0 unspecified atom stereocenters. The molecule has 0 saturated heterocycles.